The summed E-state index contributed by atoms with van der Waals surface area (Å²) < 4.78 is 31.7. The van der Waals surface area contributed by atoms with E-state index in [1.54, 1.807) is 24.0 Å². The molecule has 1 aliphatic heterocycles. The van der Waals surface area contributed by atoms with Gasteiger partial charge < -0.3 is 15.4 Å². The van der Waals surface area contributed by atoms with Crippen LogP contribution in [0.1, 0.15) is 6.92 Å². The van der Waals surface area contributed by atoms with Crippen LogP contribution in [0.3, 0.4) is 0 Å². The minimum Gasteiger partial charge on any atom is -0.497 e. The fourth-order valence-electron chi connectivity index (χ4n) is 2.46. The molecule has 0 aliphatic carbocycles. The summed E-state index contributed by atoms with van der Waals surface area (Å²) in [5, 5.41) is 0. The molecule has 0 saturated carbocycles. The number of carbonyl (C=O) groups is 1. The molecule has 1 atom stereocenters. The van der Waals surface area contributed by atoms with Crippen molar-refractivity contribution in [1.82, 2.24) is 9.21 Å². The monoisotopic (exact) mass is 377 g/mol. The number of amides is 1. The molecule has 0 spiro atoms. The lowest BCUT2D eigenvalue weighted by Crippen LogP contribution is -2.52. The number of sulfonamides is 1. The number of methoxy groups -OCH3 is 1. The summed E-state index contributed by atoms with van der Waals surface area (Å²) in [5.41, 5.74) is 5.51. The van der Waals surface area contributed by atoms with Crippen LogP contribution in [0.2, 0.25) is 0 Å². The van der Waals surface area contributed by atoms with E-state index in [1.165, 1.54) is 23.5 Å². The summed E-state index contributed by atoms with van der Waals surface area (Å²) in [5.74, 6) is 0.351. The van der Waals surface area contributed by atoms with E-state index in [-0.39, 0.29) is 42.2 Å². The molecule has 9 heteroatoms. The maximum absolute atomic E-state index is 12.6. The zero-order chi connectivity index (χ0) is 17.0. The molecular weight excluding hydrogens is 354 g/mol. The number of nitrogens with zero attached hydrogens (tertiary/aromatic N) is 2. The van der Waals surface area contributed by atoms with Crippen molar-refractivity contribution < 1.29 is 17.9 Å². The highest BCUT2D eigenvalue weighted by molar-refractivity contribution is 7.89. The molecule has 2 rings (SSSR count). The Labute approximate surface area is 149 Å². The fraction of sp³-hybridized carbons (Fsp3) is 0.533. The lowest BCUT2D eigenvalue weighted by atomic mass is 10.1. The third kappa shape index (κ3) is 4.38. The number of rotatable bonds is 5. The molecule has 1 amide bonds. The fourth-order valence-corrected chi connectivity index (χ4v) is 3.88. The molecule has 0 radical (unpaired) electrons. The van der Waals surface area contributed by atoms with Gasteiger partial charge in [0.2, 0.25) is 15.9 Å². The predicted molar refractivity (Wildman–Crippen MR) is 93.8 cm³/mol. The number of ether oxygens (including phenoxy) is 1. The van der Waals surface area contributed by atoms with Crippen molar-refractivity contribution in [2.45, 2.75) is 11.8 Å². The molecule has 1 aromatic rings. The Balaban J connectivity index is 0.00000288. The Morgan fingerprint density at radius 2 is 1.75 bits per heavy atom. The molecule has 1 saturated heterocycles. The first kappa shape index (κ1) is 20.7. The van der Waals surface area contributed by atoms with E-state index < -0.39 is 10.0 Å². The van der Waals surface area contributed by atoms with E-state index in [0.29, 0.717) is 25.4 Å². The average Bonchev–Trinajstić information content (AvgIpc) is 2.60. The van der Waals surface area contributed by atoms with Crippen LogP contribution in [0, 0.1) is 5.92 Å². The molecule has 1 unspecified atom stereocenters. The summed E-state index contributed by atoms with van der Waals surface area (Å²) in [6.45, 7) is 3.43. The van der Waals surface area contributed by atoms with Crippen molar-refractivity contribution in [2.24, 2.45) is 11.7 Å². The van der Waals surface area contributed by atoms with Crippen LogP contribution in [0.25, 0.3) is 0 Å². The van der Waals surface area contributed by atoms with Gasteiger partial charge in [0.15, 0.2) is 0 Å². The van der Waals surface area contributed by atoms with E-state index >= 15 is 0 Å². The molecule has 1 fully saturated rings. The number of halogens is 1. The maximum Gasteiger partial charge on any atom is 0.243 e. The zero-order valence-corrected chi connectivity index (χ0v) is 15.5. The van der Waals surface area contributed by atoms with Crippen molar-refractivity contribution in [3.8, 4) is 5.75 Å². The van der Waals surface area contributed by atoms with Gasteiger partial charge in [-0.15, -0.1) is 12.4 Å². The van der Waals surface area contributed by atoms with E-state index in [2.05, 4.69) is 0 Å². The molecule has 7 nitrogen and oxygen atoms in total. The van der Waals surface area contributed by atoms with Gasteiger partial charge in [0.25, 0.3) is 0 Å². The SMILES string of the molecule is COc1ccc(S(=O)(=O)N2CCN(C(=O)C(C)CN)CC2)cc1.Cl. The van der Waals surface area contributed by atoms with Crippen molar-refractivity contribution in [3.63, 3.8) is 0 Å². The van der Waals surface area contributed by atoms with Gasteiger partial charge in [-0.25, -0.2) is 8.42 Å². The van der Waals surface area contributed by atoms with Gasteiger partial charge in [0.1, 0.15) is 5.75 Å². The Kier molecular flexibility index (Phi) is 7.47. The largest absolute Gasteiger partial charge is 0.497 e. The summed E-state index contributed by atoms with van der Waals surface area (Å²) in [6, 6.07) is 6.30. The average molecular weight is 378 g/mol. The molecule has 1 aliphatic rings. The minimum atomic E-state index is -3.55. The van der Waals surface area contributed by atoms with Gasteiger partial charge in [0, 0.05) is 38.6 Å². The third-order valence-electron chi connectivity index (χ3n) is 4.02. The highest BCUT2D eigenvalue weighted by Crippen LogP contribution is 2.21. The maximum atomic E-state index is 12.6. The van der Waals surface area contributed by atoms with E-state index in [0.717, 1.165) is 0 Å². The number of hydrogen-bond acceptors (Lipinski definition) is 5. The van der Waals surface area contributed by atoms with Gasteiger partial charge in [-0.3, -0.25) is 4.79 Å². The number of nitrogens with two attached hydrogens (primary N) is 1. The quantitative estimate of drug-likeness (QED) is 0.808. The first-order valence-corrected chi connectivity index (χ1v) is 8.97. The molecule has 0 aromatic heterocycles. The Hall–Kier alpha value is -1.35. The van der Waals surface area contributed by atoms with Crippen molar-refractivity contribution in [2.75, 3.05) is 39.8 Å². The van der Waals surface area contributed by atoms with Crippen LogP contribution in [-0.4, -0.2) is 63.4 Å². The molecule has 24 heavy (non-hydrogen) atoms. The van der Waals surface area contributed by atoms with Crippen LogP contribution >= 0.6 is 12.4 Å². The molecule has 1 heterocycles. The van der Waals surface area contributed by atoms with Crippen molar-refractivity contribution in [3.05, 3.63) is 24.3 Å². The zero-order valence-electron chi connectivity index (χ0n) is 13.8. The topological polar surface area (TPSA) is 92.9 Å². The normalized spacial score (nSPS) is 17.0. The Bertz CT molecular complexity index is 643. The number of hydrogen-bond donors (Lipinski definition) is 1. The van der Waals surface area contributed by atoms with Crippen LogP contribution in [-0.2, 0) is 14.8 Å². The van der Waals surface area contributed by atoms with Crippen molar-refractivity contribution in [1.29, 1.82) is 0 Å². The van der Waals surface area contributed by atoms with E-state index in [1.807, 2.05) is 0 Å². The lowest BCUT2D eigenvalue weighted by Gasteiger charge is -2.35. The molecule has 0 bridgehead atoms. The highest BCUT2D eigenvalue weighted by Gasteiger charge is 2.31. The number of carbonyl (C=O) groups excluding carboxylic acids is 1. The molecular formula is C15H24ClN3O4S. The summed E-state index contributed by atoms with van der Waals surface area (Å²) >= 11 is 0. The summed E-state index contributed by atoms with van der Waals surface area (Å²) in [7, 11) is -2.02. The van der Waals surface area contributed by atoms with Gasteiger partial charge in [-0.1, -0.05) is 6.92 Å². The van der Waals surface area contributed by atoms with Gasteiger partial charge in [0.05, 0.1) is 12.0 Å². The van der Waals surface area contributed by atoms with Gasteiger partial charge >= 0.3 is 0 Å². The molecule has 2 N–H and O–H groups in total. The van der Waals surface area contributed by atoms with Gasteiger partial charge in [-0.2, -0.15) is 4.31 Å². The second-order valence-corrected chi connectivity index (χ2v) is 7.48. The summed E-state index contributed by atoms with van der Waals surface area (Å²) in [4.78, 5) is 14.0. The highest BCUT2D eigenvalue weighted by atomic mass is 35.5. The Morgan fingerprint density at radius 1 is 1.21 bits per heavy atom. The number of benzene rings is 1. The second-order valence-electron chi connectivity index (χ2n) is 5.54. The van der Waals surface area contributed by atoms with Crippen LogP contribution in [0.15, 0.2) is 29.2 Å². The second kappa shape index (κ2) is 8.66. The lowest BCUT2D eigenvalue weighted by molar-refractivity contribution is -0.135. The van der Waals surface area contributed by atoms with Crippen LogP contribution in [0.5, 0.6) is 5.75 Å². The van der Waals surface area contributed by atoms with Crippen LogP contribution < -0.4 is 10.5 Å². The smallest absolute Gasteiger partial charge is 0.243 e. The first-order chi connectivity index (χ1) is 10.9. The minimum absolute atomic E-state index is 0. The van der Waals surface area contributed by atoms with E-state index in [9.17, 15) is 13.2 Å². The van der Waals surface area contributed by atoms with Crippen molar-refractivity contribution >= 4 is 28.3 Å². The van der Waals surface area contributed by atoms with E-state index in [4.69, 9.17) is 10.5 Å². The predicted octanol–water partition coefficient (Wildman–Crippen LogP) is 0.545. The Morgan fingerprint density at radius 3 is 2.21 bits per heavy atom. The first-order valence-electron chi connectivity index (χ1n) is 7.53. The standard InChI is InChI=1S/C15H23N3O4S.ClH/c1-12(11-16)15(19)17-7-9-18(10-8-17)23(20,21)14-5-3-13(22-2)4-6-14;/h3-6,12H,7-11,16H2,1-2H3;1H. The summed E-state index contributed by atoms with van der Waals surface area (Å²) in [6.07, 6.45) is 0. The van der Waals surface area contributed by atoms with Gasteiger partial charge in [-0.05, 0) is 24.3 Å². The molecule has 136 valence electrons. The molecule has 1 aromatic carbocycles. The third-order valence-corrected chi connectivity index (χ3v) is 5.94. The van der Waals surface area contributed by atoms with Crippen LogP contribution in [0.4, 0.5) is 0 Å². The number of piperazine rings is 1.